The monoisotopic (exact) mass is 637 g/mol. The van der Waals surface area contributed by atoms with Gasteiger partial charge in [-0.1, -0.05) is 13.8 Å². The molecule has 0 spiro atoms. The Morgan fingerprint density at radius 3 is 2.22 bits per heavy atom. The van der Waals surface area contributed by atoms with Crippen molar-refractivity contribution in [2.24, 2.45) is 11.8 Å². The molecule has 1 saturated heterocycles. The Bertz CT molecular complexity index is 1440. The molecule has 0 bridgehead atoms. The van der Waals surface area contributed by atoms with Gasteiger partial charge < -0.3 is 25.4 Å². The molecular weight excluding hydrogens is 602 g/mol. The Labute approximate surface area is 257 Å². The van der Waals surface area contributed by atoms with E-state index in [1.54, 1.807) is 26.0 Å². The predicted molar refractivity (Wildman–Crippen MR) is 153 cm³/mol. The molecule has 1 aliphatic rings. The maximum atomic E-state index is 14.1. The third-order valence-corrected chi connectivity index (χ3v) is 7.22. The Balaban J connectivity index is 1.79. The molecule has 3 atom stereocenters. The van der Waals surface area contributed by atoms with E-state index in [4.69, 9.17) is 9.47 Å². The van der Waals surface area contributed by atoms with Crippen LogP contribution in [0.1, 0.15) is 56.0 Å². The molecule has 10 nitrogen and oxygen atoms in total. The highest BCUT2D eigenvalue weighted by Gasteiger charge is 2.34. The minimum Gasteiger partial charge on any atom is -0.496 e. The first-order valence-corrected chi connectivity index (χ1v) is 14.3. The van der Waals surface area contributed by atoms with Gasteiger partial charge in [-0.15, -0.1) is 0 Å². The van der Waals surface area contributed by atoms with Crippen molar-refractivity contribution in [1.29, 1.82) is 0 Å². The van der Waals surface area contributed by atoms with Crippen molar-refractivity contribution >= 4 is 29.3 Å². The van der Waals surface area contributed by atoms with E-state index in [1.807, 2.05) is 0 Å². The van der Waals surface area contributed by atoms with Gasteiger partial charge in [-0.2, -0.15) is 8.78 Å². The molecular formula is C31H35F4N3O7. The Morgan fingerprint density at radius 2 is 1.67 bits per heavy atom. The summed E-state index contributed by atoms with van der Waals surface area (Å²) in [4.78, 5) is 63.8. The van der Waals surface area contributed by atoms with Gasteiger partial charge in [0.05, 0.1) is 19.6 Å². The fraction of sp³-hybridized carbons (Fsp3) is 0.452. The summed E-state index contributed by atoms with van der Waals surface area (Å²) in [6, 6.07) is 2.02. The number of benzene rings is 2. The molecule has 2 aromatic rings. The lowest BCUT2D eigenvalue weighted by molar-refractivity contribution is -0.133. The third-order valence-electron chi connectivity index (χ3n) is 7.22. The number of carbonyl (C=O) groups excluding carboxylic acids is 5. The first-order valence-electron chi connectivity index (χ1n) is 14.3. The molecule has 0 unspecified atom stereocenters. The van der Waals surface area contributed by atoms with E-state index in [2.05, 4.69) is 16.0 Å². The van der Waals surface area contributed by atoms with Crippen LogP contribution in [0.5, 0.6) is 11.5 Å². The molecule has 45 heavy (non-hydrogen) atoms. The van der Waals surface area contributed by atoms with Crippen LogP contribution in [0.3, 0.4) is 0 Å². The number of rotatable bonds is 15. The summed E-state index contributed by atoms with van der Waals surface area (Å²) >= 11 is 0. The molecule has 3 N–H and O–H groups in total. The van der Waals surface area contributed by atoms with Crippen LogP contribution in [-0.4, -0.2) is 61.6 Å². The van der Waals surface area contributed by atoms with Gasteiger partial charge in [-0.25, -0.2) is 8.78 Å². The van der Waals surface area contributed by atoms with Crippen LogP contribution in [0.15, 0.2) is 24.3 Å². The third kappa shape index (κ3) is 9.25. The van der Waals surface area contributed by atoms with E-state index < -0.39 is 71.2 Å². The van der Waals surface area contributed by atoms with Crippen molar-refractivity contribution in [2.75, 3.05) is 20.3 Å². The molecule has 3 amide bonds. The van der Waals surface area contributed by atoms with E-state index in [0.717, 1.165) is 0 Å². The summed E-state index contributed by atoms with van der Waals surface area (Å²) in [5.41, 5.74) is 0.757. The smallest absolute Gasteiger partial charge is 0.243 e. The second kappa shape index (κ2) is 15.5. The number of nitrogens with one attached hydrogen (secondary N) is 3. The zero-order valence-corrected chi connectivity index (χ0v) is 25.2. The van der Waals surface area contributed by atoms with Crippen molar-refractivity contribution in [3.05, 3.63) is 58.7 Å². The Hall–Kier alpha value is -4.49. The number of hydrogen-bond acceptors (Lipinski definition) is 7. The highest BCUT2D eigenvalue weighted by molar-refractivity contribution is 5.96. The second-order valence-electron chi connectivity index (χ2n) is 11.1. The fourth-order valence-electron chi connectivity index (χ4n) is 4.88. The molecule has 3 rings (SSSR count). The zero-order chi connectivity index (χ0) is 33.4. The Morgan fingerprint density at radius 1 is 1.00 bits per heavy atom. The van der Waals surface area contributed by atoms with Crippen LogP contribution >= 0.6 is 0 Å². The van der Waals surface area contributed by atoms with Crippen molar-refractivity contribution < 1.29 is 51.0 Å². The molecule has 0 radical (unpaired) electrons. The lowest BCUT2D eigenvalue weighted by Crippen LogP contribution is -2.53. The standard InChI is InChI=1S/C31H35F4N3O7/c1-15(2)9-23(37-26(41)12-19-10-17(16(3)39)5-6-25(19)44-4)31(43)38-22(11-18-7-8-36-30(18)42)24(40)14-45-29-27(34)20(32)13-21(33)28(29)35/h5-6,10,13,15,18,22-23H,7-9,11-12,14H2,1-4H3,(H,36,42)(H,37,41)(H,38,43)/t18-,22-,23-/m0/s1. The van der Waals surface area contributed by atoms with E-state index in [-0.39, 0.29) is 42.9 Å². The summed E-state index contributed by atoms with van der Waals surface area (Å²) < 4.78 is 65.5. The molecule has 2 aromatic carbocycles. The van der Waals surface area contributed by atoms with Crippen LogP contribution < -0.4 is 25.4 Å². The molecule has 0 aromatic heterocycles. The van der Waals surface area contributed by atoms with Crippen molar-refractivity contribution in [2.45, 2.75) is 58.5 Å². The maximum Gasteiger partial charge on any atom is 0.243 e. The number of amides is 3. The van der Waals surface area contributed by atoms with E-state index >= 15 is 0 Å². The first kappa shape index (κ1) is 35.0. The quantitative estimate of drug-likeness (QED) is 0.155. The number of Topliss-reactive ketones (excluding diaryl/α,β-unsaturated/α-hetero) is 2. The fourth-order valence-corrected chi connectivity index (χ4v) is 4.88. The van der Waals surface area contributed by atoms with Crippen LogP contribution in [0.2, 0.25) is 0 Å². The molecule has 244 valence electrons. The lowest BCUT2D eigenvalue weighted by Gasteiger charge is -2.25. The lowest BCUT2D eigenvalue weighted by atomic mass is 9.95. The van der Waals surface area contributed by atoms with E-state index in [0.29, 0.717) is 29.8 Å². The number of carbonyl (C=O) groups is 5. The zero-order valence-electron chi connectivity index (χ0n) is 25.2. The van der Waals surface area contributed by atoms with Crippen LogP contribution in [0.4, 0.5) is 17.6 Å². The molecule has 1 aliphatic heterocycles. The summed E-state index contributed by atoms with van der Waals surface area (Å²) in [7, 11) is 1.40. The van der Waals surface area contributed by atoms with E-state index in [1.165, 1.54) is 20.1 Å². The molecule has 1 heterocycles. The summed E-state index contributed by atoms with van der Waals surface area (Å²) in [5.74, 6) is -12.0. The molecule has 0 aliphatic carbocycles. The van der Waals surface area contributed by atoms with Gasteiger partial charge in [-0.3, -0.25) is 24.0 Å². The predicted octanol–water partition coefficient (Wildman–Crippen LogP) is 3.19. The largest absolute Gasteiger partial charge is 0.496 e. The number of hydrogen-bond donors (Lipinski definition) is 3. The van der Waals surface area contributed by atoms with Crippen LogP contribution in [-0.2, 0) is 25.6 Å². The van der Waals surface area contributed by atoms with Gasteiger partial charge in [0.25, 0.3) is 0 Å². The average Bonchev–Trinajstić information content (AvgIpc) is 3.38. The number of ether oxygens (including phenoxy) is 2. The van der Waals surface area contributed by atoms with Crippen LogP contribution in [0, 0.1) is 35.1 Å². The normalized spacial score (nSPS) is 15.7. The maximum absolute atomic E-state index is 14.1. The van der Waals surface area contributed by atoms with Gasteiger partial charge in [-0.05, 0) is 50.3 Å². The highest BCUT2D eigenvalue weighted by Crippen LogP contribution is 2.27. The highest BCUT2D eigenvalue weighted by atomic mass is 19.2. The van der Waals surface area contributed by atoms with Crippen molar-refractivity contribution in [1.82, 2.24) is 16.0 Å². The van der Waals surface area contributed by atoms with Gasteiger partial charge >= 0.3 is 0 Å². The number of ketones is 2. The summed E-state index contributed by atoms with van der Waals surface area (Å²) in [5, 5.41) is 7.74. The molecule has 0 saturated carbocycles. The van der Waals surface area contributed by atoms with E-state index in [9.17, 15) is 41.5 Å². The van der Waals surface area contributed by atoms with Crippen molar-refractivity contribution in [3.63, 3.8) is 0 Å². The topological polar surface area (TPSA) is 140 Å². The van der Waals surface area contributed by atoms with Gasteiger partial charge in [0.15, 0.2) is 29.0 Å². The number of methoxy groups -OCH3 is 1. The molecule has 1 fully saturated rings. The SMILES string of the molecule is COc1ccc(C(C)=O)cc1CC(=O)N[C@@H](CC(C)C)C(=O)N[C@@H](C[C@@H]1CCNC1=O)C(=O)COc1c(F)c(F)cc(F)c1F. The van der Waals surface area contributed by atoms with Crippen LogP contribution in [0.25, 0.3) is 0 Å². The Kier molecular flexibility index (Phi) is 12.0. The average molecular weight is 638 g/mol. The number of halogens is 4. The van der Waals surface area contributed by atoms with Gasteiger partial charge in [0.2, 0.25) is 29.4 Å². The van der Waals surface area contributed by atoms with Gasteiger partial charge in [0.1, 0.15) is 18.4 Å². The first-order chi connectivity index (χ1) is 21.2. The minimum absolute atomic E-state index is 0.0135. The summed E-state index contributed by atoms with van der Waals surface area (Å²) in [6.45, 7) is 4.20. The second-order valence-corrected chi connectivity index (χ2v) is 11.1. The minimum atomic E-state index is -1.84. The molecule has 14 heteroatoms. The van der Waals surface area contributed by atoms with Crippen molar-refractivity contribution in [3.8, 4) is 11.5 Å². The summed E-state index contributed by atoms with van der Waals surface area (Å²) in [6.07, 6.45) is 0.0269. The van der Waals surface area contributed by atoms with Gasteiger partial charge in [0, 0.05) is 29.7 Å².